The lowest BCUT2D eigenvalue weighted by Crippen LogP contribution is -2.39. The number of nitrogens with one attached hydrogen (secondary N) is 1. The van der Waals surface area contributed by atoms with Crippen LogP contribution in [0.5, 0.6) is 0 Å². The van der Waals surface area contributed by atoms with Crippen LogP contribution in [0, 0.1) is 6.92 Å². The molecule has 0 saturated carbocycles. The van der Waals surface area contributed by atoms with Crippen LogP contribution in [0.1, 0.15) is 21.9 Å². The number of furan rings is 1. The number of carbonyl (C=O) groups is 1. The summed E-state index contributed by atoms with van der Waals surface area (Å²) in [5.74, 6) is 1.51. The first kappa shape index (κ1) is 14.4. The van der Waals surface area contributed by atoms with Gasteiger partial charge in [-0.2, -0.15) is 0 Å². The van der Waals surface area contributed by atoms with Crippen molar-refractivity contribution in [3.8, 4) is 0 Å². The number of nitrogens with zero attached hydrogens (tertiary/aromatic N) is 5. The first-order chi connectivity index (χ1) is 11.7. The van der Waals surface area contributed by atoms with Gasteiger partial charge in [0.15, 0.2) is 5.76 Å². The predicted octanol–water partition coefficient (Wildman–Crippen LogP) is 1.70. The quantitative estimate of drug-likeness (QED) is 0.789. The third-order valence-electron chi connectivity index (χ3n) is 3.83. The Morgan fingerprint density at radius 3 is 3.17 bits per heavy atom. The molecule has 1 N–H and O–H groups in total. The van der Waals surface area contributed by atoms with Crippen molar-refractivity contribution in [2.75, 3.05) is 23.3 Å². The number of aromatic nitrogens is 4. The summed E-state index contributed by atoms with van der Waals surface area (Å²) < 4.78 is 7.34. The van der Waals surface area contributed by atoms with E-state index in [0.717, 1.165) is 17.1 Å². The molecule has 1 amide bonds. The van der Waals surface area contributed by atoms with Crippen molar-refractivity contribution in [2.24, 2.45) is 0 Å². The van der Waals surface area contributed by atoms with Crippen LogP contribution in [-0.4, -0.2) is 39.0 Å². The van der Waals surface area contributed by atoms with Gasteiger partial charge in [-0.05, 0) is 30.7 Å². The third-order valence-corrected chi connectivity index (χ3v) is 3.83. The second-order valence-electron chi connectivity index (χ2n) is 5.63. The molecule has 1 aliphatic rings. The van der Waals surface area contributed by atoms with E-state index >= 15 is 0 Å². The van der Waals surface area contributed by atoms with Crippen molar-refractivity contribution in [1.29, 1.82) is 0 Å². The molecule has 0 fully saturated rings. The molecule has 122 valence electrons. The summed E-state index contributed by atoms with van der Waals surface area (Å²) in [6.45, 7) is 3.61. The lowest BCUT2D eigenvalue weighted by molar-refractivity contribution is 0.0958. The first-order valence-corrected chi connectivity index (χ1v) is 7.66. The number of fused-ring (bicyclic) bond motifs is 1. The Hall–Kier alpha value is -3.16. The van der Waals surface area contributed by atoms with Gasteiger partial charge in [-0.25, -0.2) is 9.67 Å². The minimum atomic E-state index is -0.171. The molecule has 0 spiro atoms. The average molecular weight is 324 g/mol. The van der Waals surface area contributed by atoms with Gasteiger partial charge in [0.1, 0.15) is 18.1 Å². The van der Waals surface area contributed by atoms with Gasteiger partial charge >= 0.3 is 0 Å². The van der Waals surface area contributed by atoms with E-state index in [1.807, 2.05) is 13.0 Å². The fourth-order valence-electron chi connectivity index (χ4n) is 2.70. The molecule has 4 heterocycles. The molecule has 0 unspecified atom stereocenters. The summed E-state index contributed by atoms with van der Waals surface area (Å²) in [6, 6.07) is 5.43. The van der Waals surface area contributed by atoms with E-state index in [1.165, 1.54) is 0 Å². The van der Waals surface area contributed by atoms with Crippen molar-refractivity contribution in [3.63, 3.8) is 0 Å². The molecule has 0 bridgehead atoms. The zero-order valence-electron chi connectivity index (χ0n) is 13.1. The van der Waals surface area contributed by atoms with Crippen LogP contribution in [0.25, 0.3) is 0 Å². The molecule has 0 aliphatic carbocycles. The van der Waals surface area contributed by atoms with Gasteiger partial charge in [0.2, 0.25) is 0 Å². The lowest BCUT2D eigenvalue weighted by atomic mass is 10.2. The normalized spacial score (nSPS) is 13.5. The minimum Gasteiger partial charge on any atom is -0.454 e. The number of rotatable bonds is 3. The van der Waals surface area contributed by atoms with E-state index in [9.17, 15) is 4.79 Å². The highest BCUT2D eigenvalue weighted by atomic mass is 16.4. The highest BCUT2D eigenvalue weighted by Gasteiger charge is 2.26. The van der Waals surface area contributed by atoms with Gasteiger partial charge in [0.05, 0.1) is 11.9 Å². The second kappa shape index (κ2) is 5.80. The fraction of sp³-hybridized carbons (Fsp3) is 0.250. The number of aryl methyl sites for hydroxylation is 1. The van der Waals surface area contributed by atoms with Crippen LogP contribution < -0.4 is 10.2 Å². The monoisotopic (exact) mass is 324 g/mol. The summed E-state index contributed by atoms with van der Waals surface area (Å²) in [5, 5.41) is 10.8. The highest BCUT2D eigenvalue weighted by molar-refractivity contribution is 6.06. The van der Waals surface area contributed by atoms with Gasteiger partial charge in [0.25, 0.3) is 5.91 Å². The standard InChI is InChI=1S/C16H16N6O2/c1-11-8-13-15(18-9-11)17-4-7-22(13)16(23)14-3-2-12(24-14)10-21-6-5-19-20-21/h2-3,5-6,8-9H,4,7,10H2,1H3,(H,17,18). The van der Waals surface area contributed by atoms with Crippen LogP contribution in [0.3, 0.4) is 0 Å². The van der Waals surface area contributed by atoms with E-state index in [1.54, 1.807) is 40.3 Å². The molecular weight excluding hydrogens is 308 g/mol. The number of amides is 1. The zero-order valence-corrected chi connectivity index (χ0v) is 13.1. The van der Waals surface area contributed by atoms with Crippen LogP contribution in [-0.2, 0) is 6.54 Å². The Morgan fingerprint density at radius 2 is 2.33 bits per heavy atom. The van der Waals surface area contributed by atoms with Gasteiger partial charge in [-0.3, -0.25) is 4.79 Å². The van der Waals surface area contributed by atoms with Crippen LogP contribution >= 0.6 is 0 Å². The lowest BCUT2D eigenvalue weighted by Gasteiger charge is -2.29. The van der Waals surface area contributed by atoms with Crippen LogP contribution in [0.2, 0.25) is 0 Å². The number of hydrogen-bond acceptors (Lipinski definition) is 6. The summed E-state index contributed by atoms with van der Waals surface area (Å²) >= 11 is 0. The maximum atomic E-state index is 12.8. The van der Waals surface area contributed by atoms with E-state index < -0.39 is 0 Å². The van der Waals surface area contributed by atoms with Gasteiger partial charge in [-0.1, -0.05) is 5.21 Å². The molecule has 24 heavy (non-hydrogen) atoms. The van der Waals surface area contributed by atoms with Crippen molar-refractivity contribution in [1.82, 2.24) is 20.0 Å². The van der Waals surface area contributed by atoms with E-state index in [0.29, 0.717) is 31.2 Å². The summed E-state index contributed by atoms with van der Waals surface area (Å²) in [5.41, 5.74) is 1.78. The van der Waals surface area contributed by atoms with E-state index in [2.05, 4.69) is 20.6 Å². The predicted molar refractivity (Wildman–Crippen MR) is 87.0 cm³/mol. The maximum Gasteiger partial charge on any atom is 0.294 e. The Labute approximate surface area is 138 Å². The number of hydrogen-bond donors (Lipinski definition) is 1. The number of anilines is 2. The highest BCUT2D eigenvalue weighted by Crippen LogP contribution is 2.29. The molecule has 1 aliphatic heterocycles. The SMILES string of the molecule is Cc1cnc2c(c1)N(C(=O)c1ccc(Cn3ccnn3)o1)CCN2. The Bertz CT molecular complexity index is 871. The number of pyridine rings is 1. The van der Waals surface area contributed by atoms with Crippen molar-refractivity contribution in [2.45, 2.75) is 13.5 Å². The van der Waals surface area contributed by atoms with Crippen molar-refractivity contribution < 1.29 is 9.21 Å². The second-order valence-corrected chi connectivity index (χ2v) is 5.63. The Kier molecular flexibility index (Phi) is 3.49. The fourth-order valence-corrected chi connectivity index (χ4v) is 2.70. The smallest absolute Gasteiger partial charge is 0.294 e. The van der Waals surface area contributed by atoms with Gasteiger partial charge < -0.3 is 14.6 Å². The minimum absolute atomic E-state index is 0.171. The van der Waals surface area contributed by atoms with E-state index in [-0.39, 0.29) is 5.91 Å². The van der Waals surface area contributed by atoms with Crippen LogP contribution in [0.4, 0.5) is 11.5 Å². The van der Waals surface area contributed by atoms with Crippen molar-refractivity contribution >= 4 is 17.4 Å². The largest absolute Gasteiger partial charge is 0.454 e. The summed E-state index contributed by atoms with van der Waals surface area (Å²) in [4.78, 5) is 18.9. The third kappa shape index (κ3) is 2.62. The number of carbonyl (C=O) groups excluding carboxylic acids is 1. The maximum absolute atomic E-state index is 12.8. The van der Waals surface area contributed by atoms with Crippen LogP contribution in [0.15, 0.2) is 41.2 Å². The molecule has 0 atom stereocenters. The molecule has 4 rings (SSSR count). The summed E-state index contributed by atoms with van der Waals surface area (Å²) in [6.07, 6.45) is 5.12. The van der Waals surface area contributed by atoms with Gasteiger partial charge in [-0.15, -0.1) is 5.10 Å². The molecule has 3 aromatic heterocycles. The van der Waals surface area contributed by atoms with E-state index in [4.69, 9.17) is 4.42 Å². The molecular formula is C16H16N6O2. The molecule has 0 aromatic carbocycles. The molecule has 3 aromatic rings. The first-order valence-electron chi connectivity index (χ1n) is 7.66. The molecule has 0 radical (unpaired) electrons. The van der Waals surface area contributed by atoms with Gasteiger partial charge in [0, 0.05) is 25.5 Å². The molecule has 8 heteroatoms. The zero-order chi connectivity index (χ0) is 16.5. The van der Waals surface area contributed by atoms with Crippen molar-refractivity contribution in [3.05, 3.63) is 53.9 Å². The molecule has 0 saturated heterocycles. The Balaban J connectivity index is 1.59. The Morgan fingerprint density at radius 1 is 1.42 bits per heavy atom. The average Bonchev–Trinajstić information content (AvgIpc) is 3.26. The molecule has 8 nitrogen and oxygen atoms in total. The topological polar surface area (TPSA) is 89.1 Å². The summed E-state index contributed by atoms with van der Waals surface area (Å²) in [7, 11) is 0.